The third-order valence-corrected chi connectivity index (χ3v) is 5.81. The molecule has 5 rings (SSSR count). The third-order valence-electron chi connectivity index (χ3n) is 5.81. The van der Waals surface area contributed by atoms with Crippen molar-refractivity contribution in [3.8, 4) is 5.69 Å². The minimum absolute atomic E-state index is 0.0559. The van der Waals surface area contributed by atoms with Crippen molar-refractivity contribution in [2.75, 3.05) is 5.32 Å². The summed E-state index contributed by atoms with van der Waals surface area (Å²) in [5.74, 6) is 0.382. The molecule has 3 aromatic carbocycles. The second-order valence-electron chi connectivity index (χ2n) is 8.18. The number of aliphatic hydroxyl groups excluding tert-OH is 1. The highest BCUT2D eigenvalue weighted by molar-refractivity contribution is 5.53. The molecule has 4 aromatic rings. The smallest absolute Gasteiger partial charge is 0.349 e. The van der Waals surface area contributed by atoms with Crippen molar-refractivity contribution in [2.45, 2.75) is 32.0 Å². The molecular weight excluding hydrogens is 402 g/mol. The summed E-state index contributed by atoms with van der Waals surface area (Å²) in [6, 6.07) is 23.7. The fourth-order valence-corrected chi connectivity index (χ4v) is 4.21. The zero-order valence-electron chi connectivity index (χ0n) is 17.7. The molecule has 162 valence electrons. The normalized spacial score (nSPS) is 17.3. The molecule has 0 bridgehead atoms. The first kappa shape index (κ1) is 20.2. The van der Waals surface area contributed by atoms with Crippen LogP contribution >= 0.6 is 0 Å². The molecule has 0 spiro atoms. The number of anilines is 2. The van der Waals surface area contributed by atoms with Gasteiger partial charge in [-0.05, 0) is 53.4 Å². The van der Waals surface area contributed by atoms with E-state index in [-0.39, 0.29) is 11.7 Å². The van der Waals surface area contributed by atoms with Gasteiger partial charge in [0.15, 0.2) is 0 Å². The van der Waals surface area contributed by atoms with Crippen LogP contribution in [0.25, 0.3) is 5.69 Å². The lowest BCUT2D eigenvalue weighted by Gasteiger charge is -2.18. The molecule has 7 nitrogen and oxygen atoms in total. The Morgan fingerprint density at radius 1 is 1.09 bits per heavy atom. The van der Waals surface area contributed by atoms with E-state index in [4.69, 9.17) is 0 Å². The Labute approximate surface area is 185 Å². The maximum absolute atomic E-state index is 12.3. The average molecular weight is 428 g/mol. The Kier molecular flexibility index (Phi) is 5.34. The SMILES string of the molecule is Cc1cccc(-n2nc(Nc3ccc(CN[C@@H]4c5ccccc5C[C@@H]4O)cc3)[nH]c2=O)c1. The zero-order valence-corrected chi connectivity index (χ0v) is 17.7. The van der Waals surface area contributed by atoms with Gasteiger partial charge in [-0.3, -0.25) is 4.98 Å². The highest BCUT2D eigenvalue weighted by atomic mass is 16.3. The summed E-state index contributed by atoms with van der Waals surface area (Å²) in [5.41, 5.74) is 5.79. The highest BCUT2D eigenvalue weighted by Gasteiger charge is 2.30. The van der Waals surface area contributed by atoms with Crippen molar-refractivity contribution in [1.82, 2.24) is 20.1 Å². The number of aliphatic hydroxyl groups is 1. The topological polar surface area (TPSA) is 95.0 Å². The standard InChI is InChI=1S/C25H25N5O2/c1-16-5-4-7-20(13-16)30-25(32)28-24(29-30)27-19-11-9-17(10-12-19)15-26-23-21-8-3-2-6-18(21)14-22(23)31/h2-13,22-23,26,31H,14-15H2,1H3,(H2,27,28,29,32)/t22-,23+/m0/s1. The van der Waals surface area contributed by atoms with Crippen LogP contribution in [0.15, 0.2) is 77.6 Å². The molecule has 0 radical (unpaired) electrons. The largest absolute Gasteiger partial charge is 0.391 e. The van der Waals surface area contributed by atoms with Gasteiger partial charge >= 0.3 is 5.69 Å². The Bertz CT molecular complexity index is 1290. The van der Waals surface area contributed by atoms with Gasteiger partial charge in [0.25, 0.3) is 0 Å². The number of hydrogen-bond donors (Lipinski definition) is 4. The van der Waals surface area contributed by atoms with Crippen LogP contribution in [0, 0.1) is 6.92 Å². The second kappa shape index (κ2) is 8.45. The van der Waals surface area contributed by atoms with Crippen molar-refractivity contribution >= 4 is 11.6 Å². The lowest BCUT2D eigenvalue weighted by atomic mass is 10.1. The predicted octanol–water partition coefficient (Wildman–Crippen LogP) is 3.36. The quantitative estimate of drug-likeness (QED) is 0.379. The van der Waals surface area contributed by atoms with Crippen LogP contribution in [0.1, 0.15) is 28.3 Å². The summed E-state index contributed by atoms with van der Waals surface area (Å²) in [6.07, 6.45) is 0.276. The number of rotatable bonds is 6. The molecule has 1 heterocycles. The van der Waals surface area contributed by atoms with Crippen molar-refractivity contribution < 1.29 is 5.11 Å². The van der Waals surface area contributed by atoms with E-state index in [0.29, 0.717) is 18.9 Å². The molecule has 4 N–H and O–H groups in total. The summed E-state index contributed by atoms with van der Waals surface area (Å²) in [5, 5.41) is 21.4. The fourth-order valence-electron chi connectivity index (χ4n) is 4.21. The monoisotopic (exact) mass is 427 g/mol. The number of aromatic nitrogens is 3. The predicted molar refractivity (Wildman–Crippen MR) is 124 cm³/mol. The first-order chi connectivity index (χ1) is 15.6. The number of fused-ring (bicyclic) bond motifs is 1. The summed E-state index contributed by atoms with van der Waals surface area (Å²) >= 11 is 0. The van der Waals surface area contributed by atoms with Gasteiger partial charge in [0.2, 0.25) is 5.95 Å². The number of hydrogen-bond acceptors (Lipinski definition) is 5. The number of benzene rings is 3. The minimum Gasteiger partial charge on any atom is -0.391 e. The van der Waals surface area contributed by atoms with Crippen molar-refractivity contribution in [3.05, 3.63) is 106 Å². The van der Waals surface area contributed by atoms with Gasteiger partial charge in [-0.2, -0.15) is 4.68 Å². The molecule has 32 heavy (non-hydrogen) atoms. The molecular formula is C25H25N5O2. The van der Waals surface area contributed by atoms with Crippen LogP contribution < -0.4 is 16.3 Å². The van der Waals surface area contributed by atoms with Gasteiger partial charge in [-0.15, -0.1) is 5.10 Å². The molecule has 0 saturated heterocycles. The van der Waals surface area contributed by atoms with E-state index >= 15 is 0 Å². The van der Waals surface area contributed by atoms with E-state index < -0.39 is 6.10 Å². The van der Waals surface area contributed by atoms with Crippen LogP contribution in [0.2, 0.25) is 0 Å². The van der Waals surface area contributed by atoms with E-state index in [0.717, 1.165) is 22.5 Å². The first-order valence-electron chi connectivity index (χ1n) is 10.7. The average Bonchev–Trinajstić information content (AvgIpc) is 3.31. The van der Waals surface area contributed by atoms with Crippen LogP contribution in [0.4, 0.5) is 11.6 Å². The van der Waals surface area contributed by atoms with Crippen LogP contribution in [-0.4, -0.2) is 26.0 Å². The molecule has 0 aliphatic heterocycles. The Balaban J connectivity index is 1.24. The Morgan fingerprint density at radius 3 is 2.72 bits per heavy atom. The number of aryl methyl sites for hydroxylation is 1. The molecule has 1 aliphatic carbocycles. The van der Waals surface area contributed by atoms with Crippen molar-refractivity contribution in [1.29, 1.82) is 0 Å². The number of aromatic amines is 1. The maximum atomic E-state index is 12.3. The molecule has 7 heteroatoms. The number of nitrogens with zero attached hydrogens (tertiary/aromatic N) is 2. The summed E-state index contributed by atoms with van der Waals surface area (Å²) in [4.78, 5) is 15.0. The number of H-pyrrole nitrogens is 1. The molecule has 1 aromatic heterocycles. The molecule has 1 aliphatic rings. The molecule has 0 unspecified atom stereocenters. The van der Waals surface area contributed by atoms with Gasteiger partial charge in [0, 0.05) is 18.7 Å². The molecule has 0 amide bonds. The summed E-state index contributed by atoms with van der Waals surface area (Å²) < 4.78 is 1.35. The lowest BCUT2D eigenvalue weighted by Crippen LogP contribution is -2.28. The Morgan fingerprint density at radius 2 is 1.91 bits per heavy atom. The van der Waals surface area contributed by atoms with Gasteiger partial charge < -0.3 is 15.7 Å². The Hall–Kier alpha value is -3.68. The first-order valence-corrected chi connectivity index (χ1v) is 10.7. The van der Waals surface area contributed by atoms with Gasteiger partial charge in [-0.1, -0.05) is 48.5 Å². The van der Waals surface area contributed by atoms with E-state index in [1.54, 1.807) is 0 Å². The maximum Gasteiger partial charge on any atom is 0.349 e. The van der Waals surface area contributed by atoms with Gasteiger partial charge in [0.1, 0.15) is 0 Å². The third kappa shape index (κ3) is 4.08. The fraction of sp³-hybridized carbons (Fsp3) is 0.200. The van der Waals surface area contributed by atoms with E-state index in [1.165, 1.54) is 15.8 Å². The van der Waals surface area contributed by atoms with E-state index in [1.807, 2.05) is 67.6 Å². The van der Waals surface area contributed by atoms with Crippen LogP contribution in [-0.2, 0) is 13.0 Å². The van der Waals surface area contributed by atoms with E-state index in [9.17, 15) is 9.90 Å². The summed E-state index contributed by atoms with van der Waals surface area (Å²) in [6.45, 7) is 2.62. The van der Waals surface area contributed by atoms with Gasteiger partial charge in [-0.25, -0.2) is 4.79 Å². The number of nitrogens with one attached hydrogen (secondary N) is 3. The van der Waals surface area contributed by atoms with Crippen molar-refractivity contribution in [2.24, 2.45) is 0 Å². The lowest BCUT2D eigenvalue weighted by molar-refractivity contribution is 0.140. The minimum atomic E-state index is -0.409. The van der Waals surface area contributed by atoms with Gasteiger partial charge in [0.05, 0.1) is 17.8 Å². The zero-order chi connectivity index (χ0) is 22.1. The van der Waals surface area contributed by atoms with E-state index in [2.05, 4.69) is 32.8 Å². The van der Waals surface area contributed by atoms with Crippen LogP contribution in [0.3, 0.4) is 0 Å². The van der Waals surface area contributed by atoms with Crippen LogP contribution in [0.5, 0.6) is 0 Å². The second-order valence-corrected chi connectivity index (χ2v) is 8.18. The molecule has 0 saturated carbocycles. The molecule has 2 atom stereocenters. The van der Waals surface area contributed by atoms with Crippen molar-refractivity contribution in [3.63, 3.8) is 0 Å². The molecule has 0 fully saturated rings. The highest BCUT2D eigenvalue weighted by Crippen LogP contribution is 2.31. The summed E-state index contributed by atoms with van der Waals surface area (Å²) in [7, 11) is 0.